The summed E-state index contributed by atoms with van der Waals surface area (Å²) in [5.74, 6) is 0.124. The van der Waals surface area contributed by atoms with E-state index >= 15 is 0 Å². The number of para-hydroxylation sites is 1. The smallest absolute Gasteiger partial charge is 0.336 e. The molecule has 0 heterocycles. The fourth-order valence-electron chi connectivity index (χ4n) is 2.54. The first-order valence-corrected chi connectivity index (χ1v) is 10.4. The molecule has 0 unspecified atom stereocenters. The summed E-state index contributed by atoms with van der Waals surface area (Å²) in [4.78, 5) is 11.7. The van der Waals surface area contributed by atoms with E-state index in [0.29, 0.717) is 5.56 Å². The molecular weight excluding hydrogens is 372 g/mol. The molecule has 6 heteroatoms. The van der Waals surface area contributed by atoms with E-state index in [1.807, 2.05) is 37.4 Å². The minimum absolute atomic E-state index is 0.347. The number of hydrogen-bond acceptors (Lipinski definition) is 5. The third-order valence-electron chi connectivity index (χ3n) is 3.97. The highest BCUT2D eigenvalue weighted by Gasteiger charge is 2.08. The molecule has 28 heavy (non-hydrogen) atoms. The highest BCUT2D eigenvalue weighted by Crippen LogP contribution is 2.20. The number of carbonyl (C=O) groups is 1. The zero-order chi connectivity index (χ0) is 20.6. The number of carboxylic acid groups (broad SMARTS) is 1. The summed E-state index contributed by atoms with van der Waals surface area (Å²) in [5.41, 5.74) is 1.65. The van der Waals surface area contributed by atoms with Crippen LogP contribution >= 0.6 is 11.9 Å². The Morgan fingerprint density at radius 2 is 1.75 bits per heavy atom. The molecule has 0 spiro atoms. The van der Waals surface area contributed by atoms with Crippen molar-refractivity contribution in [2.24, 2.45) is 0 Å². The van der Waals surface area contributed by atoms with Gasteiger partial charge in [0, 0.05) is 11.4 Å². The van der Waals surface area contributed by atoms with Crippen LogP contribution in [0.5, 0.6) is 5.75 Å². The molecule has 2 aromatic carbocycles. The van der Waals surface area contributed by atoms with Crippen LogP contribution in [0.4, 0.5) is 0 Å². The number of aryl methyl sites for hydroxylation is 1. The second-order valence-corrected chi connectivity index (χ2v) is 7.10. The maximum Gasteiger partial charge on any atom is 0.336 e. The minimum Gasteiger partial charge on any atom is -0.496 e. The zero-order valence-electron chi connectivity index (χ0n) is 17.0. The average molecular weight is 405 g/mol. The third kappa shape index (κ3) is 9.26. The van der Waals surface area contributed by atoms with E-state index < -0.39 is 5.97 Å². The van der Waals surface area contributed by atoms with Crippen LogP contribution in [0.15, 0.2) is 53.4 Å². The first-order valence-electron chi connectivity index (χ1n) is 9.62. The van der Waals surface area contributed by atoms with E-state index in [4.69, 9.17) is 9.84 Å². The van der Waals surface area contributed by atoms with Crippen molar-refractivity contribution in [1.82, 2.24) is 10.0 Å². The molecule has 3 N–H and O–H groups in total. The Balaban J connectivity index is 0.000000307. The van der Waals surface area contributed by atoms with E-state index in [1.165, 1.54) is 23.9 Å². The zero-order valence-corrected chi connectivity index (χ0v) is 17.8. The van der Waals surface area contributed by atoms with E-state index in [-0.39, 0.29) is 0 Å². The van der Waals surface area contributed by atoms with Gasteiger partial charge in [-0.25, -0.2) is 4.79 Å². The number of benzene rings is 2. The molecule has 0 aliphatic heterocycles. The van der Waals surface area contributed by atoms with Crippen molar-refractivity contribution in [3.63, 3.8) is 0 Å². The molecule has 0 fully saturated rings. The monoisotopic (exact) mass is 404 g/mol. The largest absolute Gasteiger partial charge is 0.496 e. The topological polar surface area (TPSA) is 70.6 Å². The van der Waals surface area contributed by atoms with Crippen molar-refractivity contribution in [3.8, 4) is 5.75 Å². The van der Waals surface area contributed by atoms with Crippen LogP contribution in [0.2, 0.25) is 0 Å². The number of nitrogens with one attached hydrogen (secondary N) is 2. The molecule has 0 aromatic heterocycles. The normalized spacial score (nSPS) is 10.1. The van der Waals surface area contributed by atoms with Gasteiger partial charge in [-0.3, -0.25) is 4.72 Å². The van der Waals surface area contributed by atoms with E-state index in [0.717, 1.165) is 43.0 Å². The summed E-state index contributed by atoms with van der Waals surface area (Å²) < 4.78 is 8.38. The summed E-state index contributed by atoms with van der Waals surface area (Å²) >= 11 is 1.38. The van der Waals surface area contributed by atoms with Crippen LogP contribution in [0.3, 0.4) is 0 Å². The van der Waals surface area contributed by atoms with Gasteiger partial charge in [0.15, 0.2) is 0 Å². The summed E-state index contributed by atoms with van der Waals surface area (Å²) in [7, 11) is 3.65. The molecule has 0 bridgehead atoms. The lowest BCUT2D eigenvalue weighted by atomic mass is 10.1. The third-order valence-corrected chi connectivity index (χ3v) is 4.89. The Kier molecular flexibility index (Phi) is 12.8. The Hall–Kier alpha value is -2.02. The predicted molar refractivity (Wildman–Crippen MR) is 117 cm³/mol. The van der Waals surface area contributed by atoms with Gasteiger partial charge in [-0.15, -0.1) is 0 Å². The highest BCUT2D eigenvalue weighted by molar-refractivity contribution is 7.97. The van der Waals surface area contributed by atoms with Gasteiger partial charge < -0.3 is 15.2 Å². The fraction of sp³-hybridized carbons (Fsp3) is 0.409. The summed E-state index contributed by atoms with van der Waals surface area (Å²) in [5, 5.41) is 12.1. The molecule has 0 atom stereocenters. The lowest BCUT2D eigenvalue weighted by Gasteiger charge is -2.06. The number of methoxy groups -OCH3 is 1. The highest BCUT2D eigenvalue weighted by atomic mass is 32.2. The molecule has 2 aromatic rings. The van der Waals surface area contributed by atoms with Crippen molar-refractivity contribution in [2.45, 2.75) is 37.5 Å². The van der Waals surface area contributed by atoms with Crippen molar-refractivity contribution in [3.05, 3.63) is 59.7 Å². The van der Waals surface area contributed by atoms with Gasteiger partial charge in [0.1, 0.15) is 5.75 Å². The van der Waals surface area contributed by atoms with Crippen molar-refractivity contribution in [2.75, 3.05) is 27.2 Å². The standard InChI is InChI=1S/C12H18N2O2S.C10H14O/c1-13-8-4-5-9-14-17-11-7-3-2-6-10(11)12(15)16;1-3-6-9-7-4-5-8-10(9)11-2/h2-3,6-7,13-14H,4-5,8-9H2,1H3,(H,15,16);4-5,7-8H,3,6H2,1-2H3. The first-order chi connectivity index (χ1) is 13.6. The molecule has 0 radical (unpaired) electrons. The van der Waals surface area contributed by atoms with Gasteiger partial charge in [-0.05, 0) is 68.6 Å². The number of unbranched alkanes of at least 4 members (excludes halogenated alkanes) is 1. The summed E-state index contributed by atoms with van der Waals surface area (Å²) in [6.45, 7) is 4.06. The molecular formula is C22H32N2O3S. The fourth-order valence-corrected chi connectivity index (χ4v) is 3.35. The Labute approximate surface area is 173 Å². The molecule has 5 nitrogen and oxygen atoms in total. The Morgan fingerprint density at radius 1 is 1.07 bits per heavy atom. The van der Waals surface area contributed by atoms with E-state index in [2.05, 4.69) is 23.0 Å². The maximum absolute atomic E-state index is 10.9. The lowest BCUT2D eigenvalue weighted by molar-refractivity contribution is 0.0693. The second kappa shape index (κ2) is 15.0. The minimum atomic E-state index is -0.884. The average Bonchev–Trinajstić information content (AvgIpc) is 2.72. The van der Waals surface area contributed by atoms with Crippen LogP contribution < -0.4 is 14.8 Å². The van der Waals surface area contributed by atoms with Crippen molar-refractivity contribution >= 4 is 17.9 Å². The molecule has 0 amide bonds. The van der Waals surface area contributed by atoms with Crippen LogP contribution in [0.25, 0.3) is 0 Å². The molecule has 0 saturated heterocycles. The summed E-state index contributed by atoms with van der Waals surface area (Å²) in [6, 6.07) is 15.2. The van der Waals surface area contributed by atoms with Gasteiger partial charge in [-0.2, -0.15) is 0 Å². The summed E-state index contributed by atoms with van der Waals surface area (Å²) in [6.07, 6.45) is 4.46. The van der Waals surface area contributed by atoms with Gasteiger partial charge in [0.2, 0.25) is 0 Å². The van der Waals surface area contributed by atoms with Crippen molar-refractivity contribution in [1.29, 1.82) is 0 Å². The number of carboxylic acids is 1. The Morgan fingerprint density at radius 3 is 2.43 bits per heavy atom. The van der Waals surface area contributed by atoms with Gasteiger partial charge in [-0.1, -0.05) is 43.7 Å². The number of hydrogen-bond donors (Lipinski definition) is 3. The molecule has 0 aliphatic carbocycles. The van der Waals surface area contributed by atoms with Gasteiger partial charge in [0.05, 0.1) is 12.7 Å². The quantitative estimate of drug-likeness (QED) is 0.375. The molecule has 2 rings (SSSR count). The number of rotatable bonds is 11. The second-order valence-electron chi connectivity index (χ2n) is 6.17. The van der Waals surface area contributed by atoms with Crippen LogP contribution in [-0.4, -0.2) is 38.3 Å². The number of ether oxygens (including phenoxy) is 1. The first kappa shape index (κ1) is 24.0. The molecule has 154 valence electrons. The Bertz CT molecular complexity index is 695. The lowest BCUT2D eigenvalue weighted by Crippen LogP contribution is -2.12. The number of aromatic carboxylic acids is 1. The van der Waals surface area contributed by atoms with Crippen molar-refractivity contribution < 1.29 is 14.6 Å². The molecule has 0 saturated carbocycles. The van der Waals surface area contributed by atoms with E-state index in [1.54, 1.807) is 19.2 Å². The van der Waals surface area contributed by atoms with Gasteiger partial charge in [0.25, 0.3) is 0 Å². The SMILES string of the molecule is CCCc1ccccc1OC.CNCCCCNSc1ccccc1C(=O)O. The van der Waals surface area contributed by atoms with Crippen LogP contribution in [0.1, 0.15) is 42.1 Å². The predicted octanol–water partition coefficient (Wildman–Crippen LogP) is 4.63. The van der Waals surface area contributed by atoms with Crippen LogP contribution in [-0.2, 0) is 6.42 Å². The van der Waals surface area contributed by atoms with Gasteiger partial charge >= 0.3 is 5.97 Å². The maximum atomic E-state index is 10.9. The van der Waals surface area contributed by atoms with E-state index in [9.17, 15) is 4.79 Å². The molecule has 0 aliphatic rings. The van der Waals surface area contributed by atoms with Crippen LogP contribution in [0, 0.1) is 0 Å².